The molecular formula is C13H18N6O2. The second-order valence-corrected chi connectivity index (χ2v) is 3.72. The van der Waals surface area contributed by atoms with Gasteiger partial charge >= 0.3 is 5.97 Å². The van der Waals surface area contributed by atoms with Gasteiger partial charge in [-0.3, -0.25) is 0 Å². The van der Waals surface area contributed by atoms with Crippen molar-refractivity contribution in [2.75, 3.05) is 19.4 Å². The van der Waals surface area contributed by atoms with Crippen LogP contribution in [0.2, 0.25) is 0 Å². The van der Waals surface area contributed by atoms with Gasteiger partial charge < -0.3 is 15.9 Å². The second-order valence-electron chi connectivity index (χ2n) is 3.72. The van der Waals surface area contributed by atoms with E-state index in [9.17, 15) is 4.79 Å². The molecule has 0 amide bonds. The highest BCUT2D eigenvalue weighted by molar-refractivity contribution is 5.98. The lowest BCUT2D eigenvalue weighted by molar-refractivity contribution is 0.0595. The molecule has 0 spiro atoms. The summed E-state index contributed by atoms with van der Waals surface area (Å²) in [5.74, 6) is 0.0677. The lowest BCUT2D eigenvalue weighted by Gasteiger charge is -2.09. The van der Waals surface area contributed by atoms with E-state index in [0.29, 0.717) is 12.4 Å². The van der Waals surface area contributed by atoms with Crippen molar-refractivity contribution in [3.63, 3.8) is 0 Å². The third-order valence-electron chi connectivity index (χ3n) is 2.32. The number of anilines is 1. The molecule has 0 unspecified atom stereocenters. The minimum atomic E-state index is -0.672. The van der Waals surface area contributed by atoms with Crippen LogP contribution in [0.3, 0.4) is 0 Å². The molecule has 0 fully saturated rings. The summed E-state index contributed by atoms with van der Waals surface area (Å²) in [5, 5.41) is 0. The summed E-state index contributed by atoms with van der Waals surface area (Å²) in [6.07, 6.45) is 2.87. The molecule has 0 aliphatic heterocycles. The predicted molar refractivity (Wildman–Crippen MR) is 82.0 cm³/mol. The molecule has 1 aromatic heterocycles. The minimum absolute atomic E-state index is 0.0186. The summed E-state index contributed by atoms with van der Waals surface area (Å²) in [4.78, 5) is 23.9. The number of carbonyl (C=O) groups is 1. The summed E-state index contributed by atoms with van der Waals surface area (Å²) in [6, 6.07) is 0. The molecule has 0 saturated carbocycles. The third-order valence-corrected chi connectivity index (χ3v) is 2.32. The fourth-order valence-electron chi connectivity index (χ4n) is 1.32. The van der Waals surface area contributed by atoms with E-state index in [4.69, 9.17) is 5.73 Å². The number of amidine groups is 1. The standard InChI is InChI=1S/C13H18N6O2/c1-5-8-16-11(13(20)21-4)10(14)12(17-8)18-9(6-2)19-15-7-3/h5-6,15H,1-2,7,14H2,3-4H3,(H,16,17,18,19). The number of methoxy groups -OCH3 is 1. The Labute approximate surface area is 122 Å². The Morgan fingerprint density at radius 3 is 2.71 bits per heavy atom. The smallest absolute Gasteiger partial charge is 0.359 e. The molecule has 4 N–H and O–H groups in total. The Balaban J connectivity index is 3.33. The number of nitrogens with zero attached hydrogens (tertiary/aromatic N) is 3. The number of carbonyl (C=O) groups excluding carboxylic acids is 1. The molecule has 0 atom stereocenters. The molecule has 1 aromatic rings. The molecule has 8 heteroatoms. The van der Waals surface area contributed by atoms with Crippen LogP contribution in [0.1, 0.15) is 23.2 Å². The molecule has 112 valence electrons. The molecule has 21 heavy (non-hydrogen) atoms. The molecule has 0 bridgehead atoms. The maximum Gasteiger partial charge on any atom is 0.359 e. The van der Waals surface area contributed by atoms with Gasteiger partial charge in [0.1, 0.15) is 11.5 Å². The molecule has 0 aliphatic carbocycles. The molecule has 1 rings (SSSR count). The molecule has 0 radical (unpaired) electrons. The zero-order chi connectivity index (χ0) is 15.8. The van der Waals surface area contributed by atoms with Crippen LogP contribution in [0.15, 0.2) is 24.2 Å². The van der Waals surface area contributed by atoms with Crippen LogP contribution < -0.4 is 16.6 Å². The second kappa shape index (κ2) is 7.75. The fraction of sp³-hybridized carbons (Fsp3) is 0.231. The van der Waals surface area contributed by atoms with Gasteiger partial charge in [-0.1, -0.05) is 20.1 Å². The van der Waals surface area contributed by atoms with Gasteiger partial charge in [0, 0.05) is 6.54 Å². The molecule has 0 aromatic carbocycles. The van der Waals surface area contributed by atoms with Crippen LogP contribution in [0.25, 0.3) is 6.08 Å². The number of nitrogens with two attached hydrogens (primary N) is 1. The van der Waals surface area contributed by atoms with E-state index in [1.54, 1.807) is 0 Å². The van der Waals surface area contributed by atoms with E-state index >= 15 is 0 Å². The van der Waals surface area contributed by atoms with Gasteiger partial charge in [0.15, 0.2) is 17.3 Å². The van der Waals surface area contributed by atoms with E-state index in [1.165, 1.54) is 19.3 Å². The maximum absolute atomic E-state index is 11.7. The Bertz CT molecular complexity index is 582. The Morgan fingerprint density at radius 1 is 1.48 bits per heavy atom. The average molecular weight is 290 g/mol. The van der Waals surface area contributed by atoms with Gasteiger partial charge in [0.2, 0.25) is 0 Å². The molecule has 0 aliphatic rings. The SMILES string of the molecule is C=CC(=Nc1nc(C=C)nc(C(=O)OC)c1N)NNCC. The number of hydrazine groups is 1. The highest BCUT2D eigenvalue weighted by atomic mass is 16.5. The van der Waals surface area contributed by atoms with Crippen LogP contribution in [0, 0.1) is 0 Å². The van der Waals surface area contributed by atoms with Gasteiger partial charge in [0.05, 0.1) is 7.11 Å². The first kappa shape index (κ1) is 16.3. The van der Waals surface area contributed by atoms with Crippen molar-refractivity contribution < 1.29 is 9.53 Å². The number of hydrogen-bond donors (Lipinski definition) is 3. The number of rotatable bonds is 6. The van der Waals surface area contributed by atoms with Crippen molar-refractivity contribution >= 4 is 29.4 Å². The van der Waals surface area contributed by atoms with Crippen molar-refractivity contribution in [1.29, 1.82) is 0 Å². The van der Waals surface area contributed by atoms with Crippen LogP contribution >= 0.6 is 0 Å². The summed E-state index contributed by atoms with van der Waals surface area (Å²) in [5.41, 5.74) is 11.5. The molecule has 0 saturated heterocycles. The lowest BCUT2D eigenvalue weighted by atomic mass is 10.3. The zero-order valence-electron chi connectivity index (χ0n) is 12.0. The lowest BCUT2D eigenvalue weighted by Crippen LogP contribution is -2.35. The predicted octanol–water partition coefficient (Wildman–Crippen LogP) is 0.819. The summed E-state index contributed by atoms with van der Waals surface area (Å²) in [6.45, 7) is 9.78. The number of nitrogen functional groups attached to an aromatic ring is 1. The van der Waals surface area contributed by atoms with Gasteiger partial charge in [-0.05, 0) is 12.2 Å². The third kappa shape index (κ3) is 4.11. The van der Waals surface area contributed by atoms with Gasteiger partial charge in [-0.2, -0.15) is 0 Å². The number of aliphatic imine (C=N–C) groups is 1. The fourth-order valence-corrected chi connectivity index (χ4v) is 1.32. The number of esters is 1. The van der Waals surface area contributed by atoms with E-state index in [-0.39, 0.29) is 23.0 Å². The van der Waals surface area contributed by atoms with E-state index in [0.717, 1.165) is 0 Å². The first-order chi connectivity index (χ1) is 10.1. The first-order valence-corrected chi connectivity index (χ1v) is 6.15. The quantitative estimate of drug-likeness (QED) is 0.307. The van der Waals surface area contributed by atoms with Crippen molar-refractivity contribution in [3.05, 3.63) is 30.8 Å². The normalized spacial score (nSPS) is 10.9. The van der Waals surface area contributed by atoms with Crippen molar-refractivity contribution in [2.45, 2.75) is 6.92 Å². The molecular weight excluding hydrogens is 272 g/mol. The highest BCUT2D eigenvalue weighted by Gasteiger charge is 2.17. The molecule has 8 nitrogen and oxygen atoms in total. The first-order valence-electron chi connectivity index (χ1n) is 6.15. The Hall–Kier alpha value is -2.74. The summed E-state index contributed by atoms with van der Waals surface area (Å²) >= 11 is 0. The highest BCUT2D eigenvalue weighted by Crippen LogP contribution is 2.23. The van der Waals surface area contributed by atoms with Crippen molar-refractivity contribution in [3.8, 4) is 0 Å². The van der Waals surface area contributed by atoms with Crippen molar-refractivity contribution in [2.24, 2.45) is 4.99 Å². The van der Waals surface area contributed by atoms with Gasteiger partial charge in [0.25, 0.3) is 0 Å². The number of hydrogen-bond acceptors (Lipinski definition) is 7. The minimum Gasteiger partial charge on any atom is -0.464 e. The van der Waals surface area contributed by atoms with Gasteiger partial charge in [-0.15, -0.1) is 0 Å². The van der Waals surface area contributed by atoms with E-state index in [1.807, 2.05) is 6.92 Å². The van der Waals surface area contributed by atoms with Crippen molar-refractivity contribution in [1.82, 2.24) is 20.8 Å². The van der Waals surface area contributed by atoms with Crippen LogP contribution in [-0.4, -0.2) is 35.4 Å². The van der Waals surface area contributed by atoms with Crippen LogP contribution in [0.5, 0.6) is 0 Å². The number of nitrogens with one attached hydrogen (secondary N) is 2. The van der Waals surface area contributed by atoms with Gasteiger partial charge in [-0.25, -0.2) is 25.2 Å². The average Bonchev–Trinajstić information content (AvgIpc) is 2.52. The summed E-state index contributed by atoms with van der Waals surface area (Å²) in [7, 11) is 1.24. The largest absolute Gasteiger partial charge is 0.464 e. The number of aromatic nitrogens is 2. The maximum atomic E-state index is 11.7. The zero-order valence-corrected chi connectivity index (χ0v) is 12.0. The number of ether oxygens (including phenoxy) is 1. The Kier molecular flexibility index (Phi) is 6.02. The van der Waals surface area contributed by atoms with Crippen LogP contribution in [-0.2, 0) is 4.74 Å². The summed E-state index contributed by atoms with van der Waals surface area (Å²) < 4.78 is 4.63. The van der Waals surface area contributed by atoms with E-state index < -0.39 is 5.97 Å². The van der Waals surface area contributed by atoms with E-state index in [2.05, 4.69) is 43.7 Å². The topological polar surface area (TPSA) is 115 Å². The van der Waals surface area contributed by atoms with Crippen LogP contribution in [0.4, 0.5) is 11.5 Å². The Morgan fingerprint density at radius 2 is 2.19 bits per heavy atom. The molecule has 1 heterocycles. The monoisotopic (exact) mass is 290 g/mol.